The molecule has 0 aliphatic heterocycles. The van der Waals surface area contributed by atoms with Gasteiger partial charge in [0.15, 0.2) is 11.5 Å². The van der Waals surface area contributed by atoms with Crippen molar-refractivity contribution < 1.29 is 4.79 Å². The first-order valence-corrected chi connectivity index (χ1v) is 10.3. The number of fused-ring (bicyclic) bond motifs is 1. The zero-order valence-electron chi connectivity index (χ0n) is 17.2. The molecule has 0 bridgehead atoms. The van der Waals surface area contributed by atoms with Crippen LogP contribution in [0.25, 0.3) is 11.0 Å². The minimum absolute atomic E-state index is 0.107. The lowest BCUT2D eigenvalue weighted by Crippen LogP contribution is -2.20. The lowest BCUT2D eigenvalue weighted by Gasteiger charge is -2.05. The molecule has 3 aromatic heterocycles. The highest BCUT2D eigenvalue weighted by Crippen LogP contribution is 2.43. The molecule has 0 saturated heterocycles. The van der Waals surface area contributed by atoms with E-state index >= 15 is 0 Å². The molecule has 5 rings (SSSR count). The Labute approximate surface area is 174 Å². The number of nitrogens with one attached hydrogen (secondary N) is 1. The first-order valence-electron chi connectivity index (χ1n) is 10.3. The van der Waals surface area contributed by atoms with E-state index in [1.807, 2.05) is 49.0 Å². The van der Waals surface area contributed by atoms with E-state index in [1.165, 1.54) is 18.4 Å². The molecule has 1 N–H and O–H groups in total. The van der Waals surface area contributed by atoms with Gasteiger partial charge in [-0.05, 0) is 49.8 Å². The van der Waals surface area contributed by atoms with E-state index in [4.69, 9.17) is 0 Å². The van der Waals surface area contributed by atoms with Crippen molar-refractivity contribution in [2.24, 2.45) is 0 Å². The maximum atomic E-state index is 12.7. The van der Waals surface area contributed by atoms with E-state index in [0.29, 0.717) is 18.3 Å². The van der Waals surface area contributed by atoms with E-state index in [1.54, 1.807) is 4.68 Å². The SMILES string of the molecule is Cc1nn(CC(=O)Nc2cc(C)n(Cc3ccccc3)n2)c2nccc(C3CC3)c12. The van der Waals surface area contributed by atoms with E-state index in [-0.39, 0.29) is 12.5 Å². The zero-order chi connectivity index (χ0) is 20.7. The highest BCUT2D eigenvalue weighted by Gasteiger charge is 2.27. The number of carbonyl (C=O) groups is 1. The second-order valence-electron chi connectivity index (χ2n) is 7.98. The van der Waals surface area contributed by atoms with Crippen LogP contribution in [-0.4, -0.2) is 30.5 Å². The molecule has 7 heteroatoms. The number of anilines is 1. The van der Waals surface area contributed by atoms with Gasteiger partial charge >= 0.3 is 0 Å². The van der Waals surface area contributed by atoms with Crippen LogP contribution in [-0.2, 0) is 17.9 Å². The normalized spacial score (nSPS) is 13.7. The number of hydrogen-bond donors (Lipinski definition) is 1. The molecule has 0 spiro atoms. The van der Waals surface area contributed by atoms with E-state index in [0.717, 1.165) is 28.0 Å². The maximum Gasteiger partial charge on any atom is 0.247 e. The van der Waals surface area contributed by atoms with Gasteiger partial charge < -0.3 is 5.32 Å². The summed E-state index contributed by atoms with van der Waals surface area (Å²) in [6.45, 7) is 4.74. The molecular weight excluding hydrogens is 376 g/mol. The van der Waals surface area contributed by atoms with Crippen LogP contribution in [0.2, 0.25) is 0 Å². The fourth-order valence-electron chi connectivity index (χ4n) is 3.96. The molecule has 1 aliphatic rings. The van der Waals surface area contributed by atoms with Crippen molar-refractivity contribution in [2.45, 2.75) is 45.7 Å². The average Bonchev–Trinajstić information content (AvgIpc) is 3.46. The number of hydrogen-bond acceptors (Lipinski definition) is 4. The van der Waals surface area contributed by atoms with Gasteiger partial charge in [-0.1, -0.05) is 30.3 Å². The van der Waals surface area contributed by atoms with Gasteiger partial charge in [0.05, 0.1) is 12.2 Å². The number of carbonyl (C=O) groups excluding carboxylic acids is 1. The fraction of sp³-hybridized carbons (Fsp3) is 0.304. The van der Waals surface area contributed by atoms with Gasteiger partial charge in [0.25, 0.3) is 0 Å². The summed E-state index contributed by atoms with van der Waals surface area (Å²) >= 11 is 0. The van der Waals surface area contributed by atoms with Gasteiger partial charge in [0.2, 0.25) is 5.91 Å². The number of aryl methyl sites for hydroxylation is 2. The summed E-state index contributed by atoms with van der Waals surface area (Å²) in [7, 11) is 0. The molecule has 1 aromatic carbocycles. The standard InChI is InChI=1S/C23H24N6O/c1-15-12-20(27-28(15)13-17-6-4-3-5-7-17)25-21(30)14-29-23-22(16(2)26-29)19(10-11-24-23)18-8-9-18/h3-7,10-12,18H,8-9,13-14H2,1-2H3,(H,25,27,30). The van der Waals surface area contributed by atoms with Crippen molar-refractivity contribution in [3.63, 3.8) is 0 Å². The molecule has 0 unspecified atom stereocenters. The Bertz CT molecular complexity index is 1220. The van der Waals surface area contributed by atoms with E-state index in [2.05, 4.69) is 38.7 Å². The zero-order valence-corrected chi connectivity index (χ0v) is 17.2. The lowest BCUT2D eigenvalue weighted by molar-refractivity contribution is -0.116. The molecule has 1 fully saturated rings. The Kier molecular flexibility index (Phi) is 4.58. The van der Waals surface area contributed by atoms with Crippen LogP contribution in [0.5, 0.6) is 0 Å². The summed E-state index contributed by atoms with van der Waals surface area (Å²) in [5, 5.41) is 13.1. The molecule has 152 valence electrons. The number of pyridine rings is 1. The highest BCUT2D eigenvalue weighted by atomic mass is 16.2. The Balaban J connectivity index is 1.32. The summed E-state index contributed by atoms with van der Waals surface area (Å²) in [6.07, 6.45) is 4.25. The number of nitrogens with zero attached hydrogens (tertiary/aromatic N) is 5. The summed E-state index contributed by atoms with van der Waals surface area (Å²) in [4.78, 5) is 17.2. The predicted octanol–water partition coefficient (Wildman–Crippen LogP) is 3.81. The molecule has 7 nitrogen and oxygen atoms in total. The van der Waals surface area contributed by atoms with Crippen LogP contribution < -0.4 is 5.32 Å². The van der Waals surface area contributed by atoms with Crippen molar-refractivity contribution >= 4 is 22.8 Å². The van der Waals surface area contributed by atoms with Crippen molar-refractivity contribution in [1.82, 2.24) is 24.5 Å². The maximum absolute atomic E-state index is 12.7. The van der Waals surface area contributed by atoms with E-state index in [9.17, 15) is 4.79 Å². The van der Waals surface area contributed by atoms with Crippen molar-refractivity contribution in [3.8, 4) is 0 Å². The largest absolute Gasteiger partial charge is 0.308 e. The molecule has 30 heavy (non-hydrogen) atoms. The number of aromatic nitrogens is 5. The summed E-state index contributed by atoms with van der Waals surface area (Å²) in [5.41, 5.74) is 5.16. The average molecular weight is 400 g/mol. The van der Waals surface area contributed by atoms with Gasteiger partial charge in [0.1, 0.15) is 6.54 Å². The van der Waals surface area contributed by atoms with Gasteiger partial charge in [0, 0.05) is 23.3 Å². The molecule has 0 radical (unpaired) electrons. The van der Waals surface area contributed by atoms with Crippen molar-refractivity contribution in [1.29, 1.82) is 0 Å². The Morgan fingerprint density at radius 2 is 1.90 bits per heavy atom. The smallest absolute Gasteiger partial charge is 0.247 e. The summed E-state index contributed by atoms with van der Waals surface area (Å²) in [5.74, 6) is 0.993. The topological polar surface area (TPSA) is 77.6 Å². The van der Waals surface area contributed by atoms with Crippen molar-refractivity contribution in [2.75, 3.05) is 5.32 Å². The van der Waals surface area contributed by atoms with Crippen LogP contribution in [0.3, 0.4) is 0 Å². The summed E-state index contributed by atoms with van der Waals surface area (Å²) in [6, 6.07) is 14.1. The van der Waals surface area contributed by atoms with E-state index < -0.39 is 0 Å². The van der Waals surface area contributed by atoms with Gasteiger partial charge in [-0.25, -0.2) is 9.67 Å². The first kappa shape index (κ1) is 18.5. The van der Waals surface area contributed by atoms with Gasteiger partial charge in [-0.2, -0.15) is 10.2 Å². The van der Waals surface area contributed by atoms with Crippen LogP contribution in [0.15, 0.2) is 48.7 Å². The number of benzene rings is 1. The molecule has 1 aliphatic carbocycles. The third-order valence-corrected chi connectivity index (χ3v) is 5.57. The number of amides is 1. The van der Waals surface area contributed by atoms with Crippen LogP contribution >= 0.6 is 0 Å². The minimum atomic E-state index is -0.164. The highest BCUT2D eigenvalue weighted by molar-refractivity contribution is 5.91. The fourth-order valence-corrected chi connectivity index (χ4v) is 3.96. The van der Waals surface area contributed by atoms with Crippen molar-refractivity contribution in [3.05, 3.63) is 71.2 Å². The molecule has 1 amide bonds. The minimum Gasteiger partial charge on any atom is -0.308 e. The second kappa shape index (κ2) is 7.40. The Morgan fingerprint density at radius 1 is 1.10 bits per heavy atom. The molecule has 1 saturated carbocycles. The Hall–Kier alpha value is -3.48. The molecule has 3 heterocycles. The second-order valence-corrected chi connectivity index (χ2v) is 7.98. The van der Waals surface area contributed by atoms with Crippen LogP contribution in [0.4, 0.5) is 5.82 Å². The monoisotopic (exact) mass is 400 g/mol. The molecule has 4 aromatic rings. The predicted molar refractivity (Wildman–Crippen MR) is 115 cm³/mol. The van der Waals surface area contributed by atoms with Gasteiger partial charge in [-0.15, -0.1) is 0 Å². The van der Waals surface area contributed by atoms with Gasteiger partial charge in [-0.3, -0.25) is 9.48 Å². The van der Waals surface area contributed by atoms with Crippen LogP contribution in [0.1, 0.15) is 41.3 Å². The number of rotatable bonds is 6. The Morgan fingerprint density at radius 3 is 2.67 bits per heavy atom. The third kappa shape index (κ3) is 3.58. The molecule has 0 atom stereocenters. The van der Waals surface area contributed by atoms with Crippen LogP contribution in [0, 0.1) is 13.8 Å². The third-order valence-electron chi connectivity index (χ3n) is 5.57. The lowest BCUT2D eigenvalue weighted by atomic mass is 10.1. The quantitative estimate of drug-likeness (QED) is 0.534. The summed E-state index contributed by atoms with van der Waals surface area (Å²) < 4.78 is 3.58. The molecular formula is C23H24N6O. The first-order chi connectivity index (χ1) is 14.6.